The summed E-state index contributed by atoms with van der Waals surface area (Å²) in [6, 6.07) is 0. The number of piperidine rings is 1. The SMILES string of the molecule is COC(=O)C(C)=CCN1CCC2CCCCC2C1. The van der Waals surface area contributed by atoms with Crippen LogP contribution in [-0.4, -0.2) is 37.6 Å². The van der Waals surface area contributed by atoms with E-state index in [0.717, 1.165) is 24.0 Å². The lowest BCUT2D eigenvalue weighted by Crippen LogP contribution is -2.41. The Balaban J connectivity index is 1.82. The van der Waals surface area contributed by atoms with Gasteiger partial charge in [0.05, 0.1) is 7.11 Å². The Hall–Kier alpha value is -0.830. The number of rotatable bonds is 3. The molecule has 0 spiro atoms. The second-order valence-corrected chi connectivity index (χ2v) is 5.73. The Kier molecular flexibility index (Phi) is 4.81. The van der Waals surface area contributed by atoms with Crippen molar-refractivity contribution in [3.05, 3.63) is 11.6 Å². The third kappa shape index (κ3) is 3.35. The van der Waals surface area contributed by atoms with E-state index in [4.69, 9.17) is 4.74 Å². The molecule has 0 radical (unpaired) electrons. The predicted molar refractivity (Wildman–Crippen MR) is 72.3 cm³/mol. The third-order valence-electron chi connectivity index (χ3n) is 4.54. The van der Waals surface area contributed by atoms with Crippen LogP contribution in [0.15, 0.2) is 11.6 Å². The first kappa shape index (κ1) is 13.6. The maximum Gasteiger partial charge on any atom is 0.333 e. The Morgan fingerprint density at radius 1 is 1.28 bits per heavy atom. The first-order valence-corrected chi connectivity index (χ1v) is 7.18. The summed E-state index contributed by atoms with van der Waals surface area (Å²) in [6.07, 6.45) is 9.04. The molecule has 0 bridgehead atoms. The number of nitrogens with zero attached hydrogens (tertiary/aromatic N) is 1. The van der Waals surface area contributed by atoms with Gasteiger partial charge in [0.2, 0.25) is 0 Å². The maximum atomic E-state index is 11.3. The van der Waals surface area contributed by atoms with Gasteiger partial charge < -0.3 is 4.74 Å². The molecule has 0 N–H and O–H groups in total. The molecule has 3 nitrogen and oxygen atoms in total. The van der Waals surface area contributed by atoms with Crippen LogP contribution in [-0.2, 0) is 9.53 Å². The van der Waals surface area contributed by atoms with E-state index in [1.807, 2.05) is 13.0 Å². The molecule has 0 amide bonds. The summed E-state index contributed by atoms with van der Waals surface area (Å²) < 4.78 is 4.71. The molecule has 0 aromatic carbocycles. The standard InChI is InChI=1S/C15H25NO2/c1-12(15(17)18-2)7-9-16-10-8-13-5-3-4-6-14(13)11-16/h7,13-14H,3-6,8-11H2,1-2H3. The second kappa shape index (κ2) is 6.37. The topological polar surface area (TPSA) is 29.5 Å². The van der Waals surface area contributed by atoms with Crippen molar-refractivity contribution < 1.29 is 9.53 Å². The summed E-state index contributed by atoms with van der Waals surface area (Å²) in [5, 5.41) is 0. The average molecular weight is 251 g/mol. The minimum Gasteiger partial charge on any atom is -0.466 e. The first-order chi connectivity index (χ1) is 8.70. The van der Waals surface area contributed by atoms with Crippen molar-refractivity contribution in [3.63, 3.8) is 0 Å². The molecule has 1 aliphatic heterocycles. The first-order valence-electron chi connectivity index (χ1n) is 7.18. The van der Waals surface area contributed by atoms with Gasteiger partial charge in [0.25, 0.3) is 0 Å². The zero-order valence-electron chi connectivity index (χ0n) is 11.7. The van der Waals surface area contributed by atoms with E-state index in [9.17, 15) is 4.79 Å². The molecule has 2 unspecified atom stereocenters. The van der Waals surface area contributed by atoms with Crippen LogP contribution in [0.25, 0.3) is 0 Å². The Morgan fingerprint density at radius 3 is 2.72 bits per heavy atom. The van der Waals surface area contributed by atoms with Crippen LogP contribution >= 0.6 is 0 Å². The van der Waals surface area contributed by atoms with Gasteiger partial charge in [-0.25, -0.2) is 4.79 Å². The van der Waals surface area contributed by atoms with Crippen LogP contribution in [0.1, 0.15) is 39.0 Å². The van der Waals surface area contributed by atoms with Gasteiger partial charge >= 0.3 is 5.97 Å². The van der Waals surface area contributed by atoms with Gasteiger partial charge in [-0.2, -0.15) is 0 Å². The van der Waals surface area contributed by atoms with Crippen molar-refractivity contribution in [2.24, 2.45) is 11.8 Å². The number of carbonyl (C=O) groups excluding carboxylic acids is 1. The van der Waals surface area contributed by atoms with E-state index in [1.54, 1.807) is 0 Å². The molecular formula is C15H25NO2. The zero-order chi connectivity index (χ0) is 13.0. The Morgan fingerprint density at radius 2 is 2.00 bits per heavy atom. The molecule has 3 heteroatoms. The van der Waals surface area contributed by atoms with Crippen molar-refractivity contribution in [2.75, 3.05) is 26.7 Å². The quantitative estimate of drug-likeness (QED) is 0.570. The van der Waals surface area contributed by atoms with Crippen molar-refractivity contribution >= 4 is 5.97 Å². The zero-order valence-corrected chi connectivity index (χ0v) is 11.7. The van der Waals surface area contributed by atoms with Crippen LogP contribution in [0.5, 0.6) is 0 Å². The van der Waals surface area contributed by atoms with E-state index >= 15 is 0 Å². The van der Waals surface area contributed by atoms with Crippen LogP contribution in [0.4, 0.5) is 0 Å². The van der Waals surface area contributed by atoms with Gasteiger partial charge in [0, 0.05) is 18.7 Å². The van der Waals surface area contributed by atoms with Crippen molar-refractivity contribution in [3.8, 4) is 0 Å². The summed E-state index contributed by atoms with van der Waals surface area (Å²) in [6.45, 7) is 5.13. The number of esters is 1. The Labute approximate surface area is 110 Å². The summed E-state index contributed by atoms with van der Waals surface area (Å²) in [5.41, 5.74) is 0.725. The lowest BCUT2D eigenvalue weighted by Gasteiger charge is -2.41. The van der Waals surface area contributed by atoms with E-state index in [-0.39, 0.29) is 5.97 Å². The van der Waals surface area contributed by atoms with Gasteiger partial charge in [0.15, 0.2) is 0 Å². The second-order valence-electron chi connectivity index (χ2n) is 5.73. The molecule has 102 valence electrons. The van der Waals surface area contributed by atoms with Crippen LogP contribution in [0.2, 0.25) is 0 Å². The molecule has 1 heterocycles. The van der Waals surface area contributed by atoms with E-state index in [0.29, 0.717) is 0 Å². The molecule has 2 fully saturated rings. The fourth-order valence-corrected chi connectivity index (χ4v) is 3.35. The minimum atomic E-state index is -0.206. The number of likely N-dealkylation sites (tertiary alicyclic amines) is 1. The number of ether oxygens (including phenoxy) is 1. The lowest BCUT2D eigenvalue weighted by atomic mass is 9.75. The van der Waals surface area contributed by atoms with Gasteiger partial charge in [-0.05, 0) is 38.1 Å². The molecule has 1 saturated carbocycles. The van der Waals surface area contributed by atoms with Gasteiger partial charge in [-0.3, -0.25) is 4.90 Å². The lowest BCUT2D eigenvalue weighted by molar-refractivity contribution is -0.136. The molecule has 2 aliphatic rings. The fraction of sp³-hybridized carbons (Fsp3) is 0.800. The van der Waals surface area contributed by atoms with E-state index in [1.165, 1.54) is 52.3 Å². The normalized spacial score (nSPS) is 29.8. The molecule has 1 aliphatic carbocycles. The smallest absolute Gasteiger partial charge is 0.333 e. The minimum absolute atomic E-state index is 0.206. The number of hydrogen-bond donors (Lipinski definition) is 0. The summed E-state index contributed by atoms with van der Waals surface area (Å²) >= 11 is 0. The summed E-state index contributed by atoms with van der Waals surface area (Å²) in [7, 11) is 1.44. The highest BCUT2D eigenvalue weighted by Gasteiger charge is 2.30. The highest BCUT2D eigenvalue weighted by molar-refractivity contribution is 5.87. The van der Waals surface area contributed by atoms with Crippen LogP contribution in [0, 0.1) is 11.8 Å². The third-order valence-corrected chi connectivity index (χ3v) is 4.54. The van der Waals surface area contributed by atoms with Crippen LogP contribution < -0.4 is 0 Å². The Bertz CT molecular complexity index is 324. The molecule has 18 heavy (non-hydrogen) atoms. The summed E-state index contributed by atoms with van der Waals surface area (Å²) in [5.74, 6) is 1.67. The van der Waals surface area contributed by atoms with Crippen molar-refractivity contribution in [1.82, 2.24) is 4.90 Å². The molecule has 0 aromatic rings. The molecular weight excluding hydrogens is 226 g/mol. The van der Waals surface area contributed by atoms with Crippen molar-refractivity contribution in [1.29, 1.82) is 0 Å². The largest absolute Gasteiger partial charge is 0.466 e. The molecule has 0 aromatic heterocycles. The number of fused-ring (bicyclic) bond motifs is 1. The maximum absolute atomic E-state index is 11.3. The van der Waals surface area contributed by atoms with E-state index < -0.39 is 0 Å². The highest BCUT2D eigenvalue weighted by Crippen LogP contribution is 2.35. The van der Waals surface area contributed by atoms with Crippen LogP contribution in [0.3, 0.4) is 0 Å². The number of methoxy groups -OCH3 is 1. The average Bonchev–Trinajstić information content (AvgIpc) is 2.43. The van der Waals surface area contributed by atoms with Gasteiger partial charge in [0.1, 0.15) is 0 Å². The van der Waals surface area contributed by atoms with Crippen molar-refractivity contribution in [2.45, 2.75) is 39.0 Å². The summed E-state index contributed by atoms with van der Waals surface area (Å²) in [4.78, 5) is 13.8. The highest BCUT2D eigenvalue weighted by atomic mass is 16.5. The molecule has 1 saturated heterocycles. The monoisotopic (exact) mass is 251 g/mol. The fourth-order valence-electron chi connectivity index (χ4n) is 3.35. The van der Waals surface area contributed by atoms with E-state index in [2.05, 4.69) is 4.90 Å². The predicted octanol–water partition coefficient (Wildman–Crippen LogP) is 2.62. The van der Waals surface area contributed by atoms with Gasteiger partial charge in [-0.1, -0.05) is 25.3 Å². The molecule has 2 rings (SSSR count). The number of hydrogen-bond acceptors (Lipinski definition) is 3. The molecule has 2 atom stereocenters. The number of carbonyl (C=O) groups is 1. The van der Waals surface area contributed by atoms with Gasteiger partial charge in [-0.15, -0.1) is 0 Å².